The van der Waals surface area contributed by atoms with Crippen molar-refractivity contribution in [3.05, 3.63) is 11.9 Å². The van der Waals surface area contributed by atoms with Gasteiger partial charge in [-0.3, -0.25) is 4.79 Å². The molecule has 1 amide bonds. The predicted octanol–water partition coefficient (Wildman–Crippen LogP) is 2.69. The van der Waals surface area contributed by atoms with E-state index in [1.54, 1.807) is 4.90 Å². The fourth-order valence-corrected chi connectivity index (χ4v) is 3.52. The molecule has 0 aromatic heterocycles. The zero-order valence-corrected chi connectivity index (χ0v) is 13.2. The molecule has 2 rings (SSSR count). The van der Waals surface area contributed by atoms with Gasteiger partial charge in [0.05, 0.1) is 0 Å². The Kier molecular flexibility index (Phi) is 4.52. The first kappa shape index (κ1) is 15.5. The number of rotatable bonds is 4. The van der Waals surface area contributed by atoms with Crippen molar-refractivity contribution in [1.82, 2.24) is 9.80 Å². The fraction of sp³-hybridized carbons (Fsp3) is 0.812. The normalized spacial score (nSPS) is 25.6. The van der Waals surface area contributed by atoms with Gasteiger partial charge in [-0.2, -0.15) is 0 Å². The number of carbonyl (C=O) groups is 1. The lowest BCUT2D eigenvalue weighted by atomic mass is 9.76. The van der Waals surface area contributed by atoms with Crippen LogP contribution in [0.2, 0.25) is 0 Å². The summed E-state index contributed by atoms with van der Waals surface area (Å²) in [6.07, 6.45) is 5.04. The standard InChI is InChI=1S/C16H27FN2O/c1-12(2)13-5-7-16(9-13)10-19(11-16)15(20)14(17)6-8-18(3)4/h6,12-13H,5,7-11H2,1-4H3/b14-6+. The van der Waals surface area contributed by atoms with E-state index in [4.69, 9.17) is 0 Å². The van der Waals surface area contributed by atoms with Crippen LogP contribution in [0.3, 0.4) is 0 Å². The van der Waals surface area contributed by atoms with Gasteiger partial charge in [-0.05, 0) is 51.3 Å². The summed E-state index contributed by atoms with van der Waals surface area (Å²) in [5, 5.41) is 0. The highest BCUT2D eigenvalue weighted by atomic mass is 19.1. The Labute approximate surface area is 121 Å². The summed E-state index contributed by atoms with van der Waals surface area (Å²) >= 11 is 0. The Bertz CT molecular complexity index is 397. The van der Waals surface area contributed by atoms with E-state index in [2.05, 4.69) is 13.8 Å². The van der Waals surface area contributed by atoms with Gasteiger partial charge in [-0.25, -0.2) is 4.39 Å². The molecule has 1 aliphatic carbocycles. The third-order valence-corrected chi connectivity index (χ3v) is 4.86. The van der Waals surface area contributed by atoms with Gasteiger partial charge >= 0.3 is 0 Å². The number of carbonyl (C=O) groups excluding carboxylic acids is 1. The minimum absolute atomic E-state index is 0.298. The predicted molar refractivity (Wildman–Crippen MR) is 78.9 cm³/mol. The Morgan fingerprint density at radius 3 is 2.60 bits per heavy atom. The van der Waals surface area contributed by atoms with Crippen molar-refractivity contribution in [1.29, 1.82) is 0 Å². The van der Waals surface area contributed by atoms with E-state index in [9.17, 15) is 9.18 Å². The average Bonchev–Trinajstić information content (AvgIpc) is 2.78. The molecule has 1 spiro atoms. The van der Waals surface area contributed by atoms with E-state index < -0.39 is 11.7 Å². The summed E-state index contributed by atoms with van der Waals surface area (Å²) in [5.41, 5.74) is 0.298. The summed E-state index contributed by atoms with van der Waals surface area (Å²) in [7, 11) is 3.72. The second-order valence-electron chi connectivity index (χ2n) is 7.22. The summed E-state index contributed by atoms with van der Waals surface area (Å²) in [5.74, 6) is 0.467. The Balaban J connectivity index is 1.84. The smallest absolute Gasteiger partial charge is 0.282 e. The molecule has 20 heavy (non-hydrogen) atoms. The van der Waals surface area contributed by atoms with Crippen LogP contribution in [0.15, 0.2) is 11.9 Å². The summed E-state index contributed by atoms with van der Waals surface area (Å²) in [6, 6.07) is 0. The van der Waals surface area contributed by atoms with Gasteiger partial charge in [0.25, 0.3) is 5.91 Å². The monoisotopic (exact) mass is 282 g/mol. The van der Waals surface area contributed by atoms with Crippen LogP contribution in [0.4, 0.5) is 4.39 Å². The molecule has 4 heteroatoms. The first-order valence-electron chi connectivity index (χ1n) is 7.63. The van der Waals surface area contributed by atoms with Gasteiger partial charge in [0.1, 0.15) is 0 Å². The number of hydrogen-bond donors (Lipinski definition) is 0. The number of likely N-dealkylation sites (tertiary alicyclic amines) is 1. The first-order valence-corrected chi connectivity index (χ1v) is 7.63. The molecule has 1 aliphatic heterocycles. The molecule has 114 valence electrons. The molecular weight excluding hydrogens is 255 g/mol. The molecule has 0 N–H and O–H groups in total. The number of hydrogen-bond acceptors (Lipinski definition) is 2. The maximum atomic E-state index is 13.8. The van der Waals surface area contributed by atoms with Crippen molar-refractivity contribution in [3.8, 4) is 0 Å². The van der Waals surface area contributed by atoms with Crippen molar-refractivity contribution in [2.45, 2.75) is 33.1 Å². The maximum absolute atomic E-state index is 13.8. The minimum Gasteiger partial charge on any atom is -0.335 e. The molecule has 1 atom stereocenters. The van der Waals surface area contributed by atoms with E-state index in [-0.39, 0.29) is 0 Å². The molecular formula is C16H27FN2O. The molecule has 1 heterocycles. The summed E-state index contributed by atoms with van der Waals surface area (Å²) in [6.45, 7) is 6.51. The Morgan fingerprint density at radius 2 is 2.10 bits per heavy atom. The van der Waals surface area contributed by atoms with Crippen LogP contribution in [-0.4, -0.2) is 49.4 Å². The van der Waals surface area contributed by atoms with Crippen LogP contribution < -0.4 is 0 Å². The van der Waals surface area contributed by atoms with E-state index in [1.807, 2.05) is 19.0 Å². The summed E-state index contributed by atoms with van der Waals surface area (Å²) in [4.78, 5) is 15.5. The highest BCUT2D eigenvalue weighted by Gasteiger charge is 2.50. The lowest BCUT2D eigenvalue weighted by Gasteiger charge is -2.48. The largest absolute Gasteiger partial charge is 0.335 e. The van der Waals surface area contributed by atoms with Crippen molar-refractivity contribution in [2.75, 3.05) is 33.7 Å². The lowest BCUT2D eigenvalue weighted by Crippen LogP contribution is -2.57. The Hall–Kier alpha value is -0.900. The van der Waals surface area contributed by atoms with Gasteiger partial charge in [0.15, 0.2) is 5.83 Å². The fourth-order valence-electron chi connectivity index (χ4n) is 3.52. The van der Waals surface area contributed by atoms with Crippen molar-refractivity contribution < 1.29 is 9.18 Å². The van der Waals surface area contributed by atoms with Crippen LogP contribution in [0, 0.1) is 17.3 Å². The van der Waals surface area contributed by atoms with E-state index in [0.717, 1.165) is 24.9 Å². The number of nitrogens with zero attached hydrogens (tertiary/aromatic N) is 2. The Morgan fingerprint density at radius 1 is 1.45 bits per heavy atom. The zero-order valence-electron chi connectivity index (χ0n) is 13.2. The maximum Gasteiger partial charge on any atom is 0.282 e. The molecule has 3 nitrogen and oxygen atoms in total. The third-order valence-electron chi connectivity index (χ3n) is 4.86. The van der Waals surface area contributed by atoms with Gasteiger partial charge in [-0.15, -0.1) is 0 Å². The molecule has 2 aliphatic rings. The highest BCUT2D eigenvalue weighted by molar-refractivity contribution is 5.91. The van der Waals surface area contributed by atoms with Crippen molar-refractivity contribution in [2.24, 2.45) is 17.3 Å². The highest BCUT2D eigenvalue weighted by Crippen LogP contribution is 2.50. The summed E-state index contributed by atoms with van der Waals surface area (Å²) < 4.78 is 13.8. The number of halogens is 1. The van der Waals surface area contributed by atoms with Gasteiger partial charge in [0.2, 0.25) is 0 Å². The minimum atomic E-state index is -0.605. The second kappa shape index (κ2) is 5.84. The topological polar surface area (TPSA) is 23.6 Å². The number of likely N-dealkylation sites (N-methyl/N-ethyl adjacent to an activating group) is 1. The average molecular weight is 282 g/mol. The SMILES string of the molecule is CC(C)C1CCC2(C1)CN(C(=O)/C(F)=C\CN(C)C)C2. The lowest BCUT2D eigenvalue weighted by molar-refractivity contribution is -0.140. The molecule has 0 aromatic carbocycles. The van der Waals surface area contributed by atoms with Crippen molar-refractivity contribution >= 4 is 5.91 Å². The van der Waals surface area contributed by atoms with Crippen LogP contribution in [-0.2, 0) is 4.79 Å². The quantitative estimate of drug-likeness (QED) is 0.740. The molecule has 0 bridgehead atoms. The molecule has 1 saturated heterocycles. The van der Waals surface area contributed by atoms with Crippen LogP contribution in [0.5, 0.6) is 0 Å². The number of amides is 1. The molecule has 0 radical (unpaired) electrons. The zero-order chi connectivity index (χ0) is 14.9. The molecule has 1 unspecified atom stereocenters. The van der Waals surface area contributed by atoms with Gasteiger partial charge < -0.3 is 9.80 Å². The van der Waals surface area contributed by atoms with Gasteiger partial charge in [0, 0.05) is 25.0 Å². The van der Waals surface area contributed by atoms with Crippen LogP contribution in [0.1, 0.15) is 33.1 Å². The first-order chi connectivity index (χ1) is 9.33. The molecule has 2 fully saturated rings. The van der Waals surface area contributed by atoms with E-state index in [0.29, 0.717) is 12.0 Å². The molecule has 1 saturated carbocycles. The van der Waals surface area contributed by atoms with Crippen LogP contribution >= 0.6 is 0 Å². The third kappa shape index (κ3) is 3.22. The second-order valence-corrected chi connectivity index (χ2v) is 7.22. The molecule has 0 aromatic rings. The van der Waals surface area contributed by atoms with E-state index in [1.165, 1.54) is 25.3 Å². The van der Waals surface area contributed by atoms with Crippen LogP contribution in [0.25, 0.3) is 0 Å². The van der Waals surface area contributed by atoms with Crippen molar-refractivity contribution in [3.63, 3.8) is 0 Å². The van der Waals surface area contributed by atoms with E-state index >= 15 is 0 Å². The van der Waals surface area contributed by atoms with Gasteiger partial charge in [-0.1, -0.05) is 13.8 Å².